The minimum Gasteiger partial charge on any atom is -0.497 e. The molecule has 4 heterocycles. The third-order valence-corrected chi connectivity index (χ3v) is 7.46. The van der Waals surface area contributed by atoms with Gasteiger partial charge in [0.25, 0.3) is 0 Å². The zero-order valence-electron chi connectivity index (χ0n) is 19.3. The van der Waals surface area contributed by atoms with Gasteiger partial charge >= 0.3 is 0 Å². The summed E-state index contributed by atoms with van der Waals surface area (Å²) in [4.78, 5) is 47.7. The number of ether oxygens (including phenoxy) is 1. The number of carbonyl (C=O) groups excluding carboxylic acids is 3. The van der Waals surface area contributed by atoms with Gasteiger partial charge in [0.05, 0.1) is 25.1 Å². The normalized spacial score (nSPS) is 25.6. The molecular formula is C28H23N3O4. The number of aromatic nitrogens is 1. The summed E-state index contributed by atoms with van der Waals surface area (Å²) in [5, 5.41) is 3.00. The number of nitrogens with zero attached hydrogens (tertiary/aromatic N) is 2. The van der Waals surface area contributed by atoms with Crippen LogP contribution in [-0.4, -0.2) is 41.7 Å². The molecule has 0 radical (unpaired) electrons. The lowest BCUT2D eigenvalue weighted by Crippen LogP contribution is -2.51. The highest BCUT2D eigenvalue weighted by Gasteiger charge is 2.70. The number of hydrogen-bond acceptors (Lipinski definition) is 6. The van der Waals surface area contributed by atoms with Crippen molar-refractivity contribution >= 4 is 34.9 Å². The molecule has 0 bridgehead atoms. The number of methoxy groups -OCH3 is 1. The number of benzene rings is 2. The van der Waals surface area contributed by atoms with E-state index in [0.29, 0.717) is 11.4 Å². The maximum atomic E-state index is 14.2. The third kappa shape index (κ3) is 2.78. The van der Waals surface area contributed by atoms with Crippen LogP contribution in [0.25, 0.3) is 6.08 Å². The monoisotopic (exact) mass is 465 g/mol. The first-order valence-electron chi connectivity index (χ1n) is 11.5. The van der Waals surface area contributed by atoms with Gasteiger partial charge in [0.2, 0.25) is 5.91 Å². The fourth-order valence-corrected chi connectivity index (χ4v) is 6.11. The predicted octanol–water partition coefficient (Wildman–Crippen LogP) is 3.65. The second-order valence-electron chi connectivity index (χ2n) is 9.12. The van der Waals surface area contributed by atoms with Crippen molar-refractivity contribution in [2.75, 3.05) is 17.3 Å². The van der Waals surface area contributed by atoms with Crippen LogP contribution < -0.4 is 15.0 Å². The number of hydrogen-bond donors (Lipinski definition) is 1. The largest absolute Gasteiger partial charge is 0.497 e. The van der Waals surface area contributed by atoms with Crippen molar-refractivity contribution in [3.63, 3.8) is 0 Å². The van der Waals surface area contributed by atoms with Gasteiger partial charge in [0.15, 0.2) is 11.6 Å². The Morgan fingerprint density at radius 2 is 1.89 bits per heavy atom. The molecule has 1 saturated heterocycles. The molecule has 174 valence electrons. The lowest BCUT2D eigenvalue weighted by molar-refractivity contribution is -0.122. The van der Waals surface area contributed by atoms with E-state index < -0.39 is 23.4 Å². The predicted molar refractivity (Wildman–Crippen MR) is 132 cm³/mol. The highest BCUT2D eigenvalue weighted by Crippen LogP contribution is 2.57. The number of rotatable bonds is 4. The van der Waals surface area contributed by atoms with E-state index in [1.54, 1.807) is 31.5 Å². The molecule has 7 nitrogen and oxygen atoms in total. The second-order valence-corrected chi connectivity index (χ2v) is 9.12. The van der Waals surface area contributed by atoms with E-state index in [1.807, 2.05) is 59.5 Å². The molecule has 6 rings (SSSR count). The first-order chi connectivity index (χ1) is 17.0. The van der Waals surface area contributed by atoms with E-state index in [-0.39, 0.29) is 23.2 Å². The summed E-state index contributed by atoms with van der Waals surface area (Å²) in [5.41, 5.74) is 1.97. The molecule has 2 aromatic carbocycles. The highest BCUT2D eigenvalue weighted by atomic mass is 16.5. The number of Topliss-reactive ketones (excluding diaryl/α,β-unsaturated/α-hetero) is 2. The summed E-state index contributed by atoms with van der Waals surface area (Å²) >= 11 is 0. The maximum absolute atomic E-state index is 14.2. The fraction of sp³-hybridized carbons (Fsp3) is 0.214. The number of fused-ring (bicyclic) bond motifs is 6. The first kappa shape index (κ1) is 21.3. The molecular weight excluding hydrogens is 442 g/mol. The van der Waals surface area contributed by atoms with Crippen LogP contribution >= 0.6 is 0 Å². The van der Waals surface area contributed by atoms with Crippen LogP contribution in [0.15, 0.2) is 72.9 Å². The van der Waals surface area contributed by atoms with Crippen molar-refractivity contribution in [3.8, 4) is 5.75 Å². The SMILES string of the molecule is COc1ccc2c(c1)C=C[C@@H]1N2[C@H](C(C)=O)[C@@H](C(=O)c2ccccn2)[C@@]12C(=O)Nc1ccccc12. The van der Waals surface area contributed by atoms with Crippen LogP contribution in [0.1, 0.15) is 28.5 Å². The van der Waals surface area contributed by atoms with E-state index in [2.05, 4.69) is 10.3 Å². The highest BCUT2D eigenvalue weighted by molar-refractivity contribution is 6.16. The van der Waals surface area contributed by atoms with Gasteiger partial charge in [-0.1, -0.05) is 36.4 Å². The molecule has 1 aromatic heterocycles. The number of para-hydroxylation sites is 1. The summed E-state index contributed by atoms with van der Waals surface area (Å²) in [6.45, 7) is 1.49. The minimum atomic E-state index is -1.30. The lowest BCUT2D eigenvalue weighted by Gasteiger charge is -2.37. The molecule has 1 fully saturated rings. The van der Waals surface area contributed by atoms with Gasteiger partial charge < -0.3 is 15.0 Å². The average molecular weight is 466 g/mol. The van der Waals surface area contributed by atoms with Crippen LogP contribution in [0.4, 0.5) is 11.4 Å². The van der Waals surface area contributed by atoms with Gasteiger partial charge in [-0.2, -0.15) is 0 Å². The smallest absolute Gasteiger partial charge is 0.238 e. The quantitative estimate of drug-likeness (QED) is 0.592. The molecule has 1 spiro atoms. The van der Waals surface area contributed by atoms with Crippen LogP contribution in [0.3, 0.4) is 0 Å². The molecule has 1 amide bonds. The van der Waals surface area contributed by atoms with Crippen molar-refractivity contribution in [2.24, 2.45) is 5.92 Å². The lowest BCUT2D eigenvalue weighted by atomic mass is 9.64. The van der Waals surface area contributed by atoms with E-state index in [4.69, 9.17) is 4.74 Å². The van der Waals surface area contributed by atoms with Crippen LogP contribution in [0.5, 0.6) is 5.75 Å². The Morgan fingerprint density at radius 3 is 2.63 bits per heavy atom. The zero-order valence-corrected chi connectivity index (χ0v) is 19.3. The molecule has 0 unspecified atom stereocenters. The molecule has 7 heteroatoms. The van der Waals surface area contributed by atoms with Crippen molar-refractivity contribution < 1.29 is 19.1 Å². The number of amides is 1. The number of carbonyl (C=O) groups is 3. The summed E-state index contributed by atoms with van der Waals surface area (Å²) in [5.74, 6) is -1.08. The fourth-order valence-electron chi connectivity index (χ4n) is 6.11. The van der Waals surface area contributed by atoms with Crippen LogP contribution in [-0.2, 0) is 15.0 Å². The third-order valence-electron chi connectivity index (χ3n) is 7.46. The summed E-state index contributed by atoms with van der Waals surface area (Å²) in [6.07, 6.45) is 5.43. The van der Waals surface area contributed by atoms with Crippen LogP contribution in [0.2, 0.25) is 0 Å². The van der Waals surface area contributed by atoms with E-state index >= 15 is 0 Å². The minimum absolute atomic E-state index is 0.185. The van der Waals surface area contributed by atoms with Gasteiger partial charge in [-0.3, -0.25) is 19.4 Å². The molecule has 1 N–H and O–H groups in total. The van der Waals surface area contributed by atoms with Gasteiger partial charge in [0.1, 0.15) is 16.9 Å². The Labute approximate surface area is 202 Å². The van der Waals surface area contributed by atoms with Crippen molar-refractivity contribution in [3.05, 3.63) is 89.8 Å². The van der Waals surface area contributed by atoms with Gasteiger partial charge in [-0.05, 0) is 48.9 Å². The molecule has 0 aliphatic carbocycles. The van der Waals surface area contributed by atoms with Gasteiger partial charge in [0, 0.05) is 23.1 Å². The molecule has 3 aliphatic rings. The van der Waals surface area contributed by atoms with E-state index in [9.17, 15) is 14.4 Å². The Balaban J connectivity index is 1.65. The Hall–Kier alpha value is -4.26. The second kappa shape index (κ2) is 7.63. The molecule has 35 heavy (non-hydrogen) atoms. The molecule has 0 saturated carbocycles. The van der Waals surface area contributed by atoms with Gasteiger partial charge in [-0.25, -0.2) is 0 Å². The van der Waals surface area contributed by atoms with Crippen molar-refractivity contribution in [1.29, 1.82) is 0 Å². The van der Waals surface area contributed by atoms with Gasteiger partial charge in [-0.15, -0.1) is 0 Å². The standard InChI is InChI=1S/C28H23N3O4/c1-16(32)25-24(26(33)21-9-5-6-14-29-21)28(19-7-3-4-8-20(19)30-27(28)34)23-13-10-17-15-18(35-2)11-12-22(17)31(23)25/h3-15,23-25H,1-2H3,(H,30,34)/t23-,24-,25+,28-/m0/s1. The summed E-state index contributed by atoms with van der Waals surface area (Å²) in [6, 6.07) is 16.7. The van der Waals surface area contributed by atoms with Crippen LogP contribution in [0, 0.1) is 5.92 Å². The molecule has 3 aliphatic heterocycles. The molecule has 3 aromatic rings. The Morgan fingerprint density at radius 1 is 1.09 bits per heavy atom. The topological polar surface area (TPSA) is 88.6 Å². The zero-order chi connectivity index (χ0) is 24.3. The number of pyridine rings is 1. The number of ketones is 2. The Bertz CT molecular complexity index is 1420. The van der Waals surface area contributed by atoms with E-state index in [1.165, 1.54) is 6.92 Å². The van der Waals surface area contributed by atoms with E-state index in [0.717, 1.165) is 16.8 Å². The summed E-state index contributed by atoms with van der Waals surface area (Å²) in [7, 11) is 1.60. The van der Waals surface area contributed by atoms with Crippen molar-refractivity contribution in [1.82, 2.24) is 4.98 Å². The molecule has 4 atom stereocenters. The Kier molecular flexibility index (Phi) is 4.64. The first-order valence-corrected chi connectivity index (χ1v) is 11.5. The number of anilines is 2. The number of nitrogens with one attached hydrogen (secondary N) is 1. The summed E-state index contributed by atoms with van der Waals surface area (Å²) < 4.78 is 5.39. The maximum Gasteiger partial charge on any atom is 0.238 e. The average Bonchev–Trinajstić information content (AvgIpc) is 3.36. The van der Waals surface area contributed by atoms with Crippen molar-refractivity contribution in [2.45, 2.75) is 24.4 Å².